The molecular formula is C19H28FN. The first kappa shape index (κ1) is 15.0. The monoisotopic (exact) mass is 289 g/mol. The third kappa shape index (κ3) is 3.85. The molecule has 0 bridgehead atoms. The Morgan fingerprint density at radius 3 is 2.24 bits per heavy atom. The molecule has 2 fully saturated rings. The highest BCUT2D eigenvalue weighted by Crippen LogP contribution is 2.38. The number of benzene rings is 1. The number of nitrogens with one attached hydrogen (secondary N) is 1. The first-order valence-electron chi connectivity index (χ1n) is 8.74. The molecule has 3 rings (SSSR count). The Kier molecular flexibility index (Phi) is 4.95. The summed E-state index contributed by atoms with van der Waals surface area (Å²) in [6.45, 7) is 2.38. The molecule has 0 heterocycles. The van der Waals surface area contributed by atoms with E-state index in [0.29, 0.717) is 18.0 Å². The predicted molar refractivity (Wildman–Crippen MR) is 86.0 cm³/mol. The van der Waals surface area contributed by atoms with Crippen LogP contribution in [0.5, 0.6) is 0 Å². The van der Waals surface area contributed by atoms with E-state index in [1.807, 2.05) is 12.1 Å². The molecule has 2 heteroatoms. The second kappa shape index (κ2) is 6.91. The summed E-state index contributed by atoms with van der Waals surface area (Å²) in [6.07, 6.45) is 10.9. The van der Waals surface area contributed by atoms with Gasteiger partial charge in [-0.15, -0.1) is 0 Å². The normalized spacial score (nSPS) is 28.7. The lowest BCUT2D eigenvalue weighted by Gasteiger charge is -2.39. The first-order valence-corrected chi connectivity index (χ1v) is 8.74. The maximum absolute atomic E-state index is 12.9. The Bertz CT molecular complexity index is 427. The van der Waals surface area contributed by atoms with Crippen LogP contribution in [0.2, 0.25) is 0 Å². The quantitative estimate of drug-likeness (QED) is 0.767. The topological polar surface area (TPSA) is 12.0 Å². The Morgan fingerprint density at radius 1 is 1.00 bits per heavy atom. The lowest BCUT2D eigenvalue weighted by Crippen LogP contribution is -2.47. The fourth-order valence-corrected chi connectivity index (χ4v) is 4.08. The zero-order valence-corrected chi connectivity index (χ0v) is 13.2. The van der Waals surface area contributed by atoms with Gasteiger partial charge in [0.1, 0.15) is 5.82 Å². The van der Waals surface area contributed by atoms with Crippen molar-refractivity contribution < 1.29 is 4.39 Å². The molecule has 1 N–H and O–H groups in total. The van der Waals surface area contributed by atoms with Crippen LogP contribution in [0.1, 0.15) is 69.8 Å². The summed E-state index contributed by atoms with van der Waals surface area (Å²) in [5, 5.41) is 3.85. The molecule has 1 atom stereocenters. The molecule has 2 aliphatic carbocycles. The van der Waals surface area contributed by atoms with Crippen molar-refractivity contribution in [2.45, 2.75) is 76.3 Å². The number of rotatable bonds is 4. The van der Waals surface area contributed by atoms with Crippen LogP contribution in [0.4, 0.5) is 4.39 Å². The van der Waals surface area contributed by atoms with Gasteiger partial charge in [0.25, 0.3) is 0 Å². The first-order chi connectivity index (χ1) is 10.2. The Morgan fingerprint density at radius 2 is 1.62 bits per heavy atom. The second-order valence-electron chi connectivity index (χ2n) is 7.12. The Labute approximate surface area is 128 Å². The van der Waals surface area contributed by atoms with Crippen LogP contribution >= 0.6 is 0 Å². The van der Waals surface area contributed by atoms with Crippen LogP contribution in [0.15, 0.2) is 24.3 Å². The van der Waals surface area contributed by atoms with Gasteiger partial charge in [-0.3, -0.25) is 0 Å². The fraction of sp³-hybridized carbons (Fsp3) is 0.684. The summed E-state index contributed by atoms with van der Waals surface area (Å²) in [5.41, 5.74) is 1.30. The average Bonchev–Trinajstić information content (AvgIpc) is 2.72. The van der Waals surface area contributed by atoms with Gasteiger partial charge in [0.15, 0.2) is 0 Å². The predicted octanol–water partition coefficient (Wildman–Crippen LogP) is 5.02. The van der Waals surface area contributed by atoms with Gasteiger partial charge in [0.2, 0.25) is 0 Å². The van der Waals surface area contributed by atoms with E-state index in [1.165, 1.54) is 56.9 Å². The van der Waals surface area contributed by atoms with E-state index in [0.717, 1.165) is 5.92 Å². The van der Waals surface area contributed by atoms with Crippen molar-refractivity contribution in [2.75, 3.05) is 0 Å². The lowest BCUT2D eigenvalue weighted by molar-refractivity contribution is 0.228. The molecule has 1 aromatic carbocycles. The lowest BCUT2D eigenvalue weighted by atomic mass is 9.75. The molecular weight excluding hydrogens is 261 g/mol. The Balaban J connectivity index is 1.44. The molecule has 116 valence electrons. The van der Waals surface area contributed by atoms with Gasteiger partial charge in [-0.25, -0.2) is 4.39 Å². The highest BCUT2D eigenvalue weighted by Gasteiger charge is 2.32. The molecule has 2 aliphatic rings. The molecule has 21 heavy (non-hydrogen) atoms. The smallest absolute Gasteiger partial charge is 0.123 e. The number of hydrogen-bond acceptors (Lipinski definition) is 1. The molecule has 1 nitrogen and oxygen atoms in total. The molecule has 0 amide bonds. The van der Waals surface area contributed by atoms with Crippen molar-refractivity contribution in [3.63, 3.8) is 0 Å². The summed E-state index contributed by atoms with van der Waals surface area (Å²) < 4.78 is 12.9. The molecule has 0 radical (unpaired) electrons. The van der Waals surface area contributed by atoms with E-state index in [-0.39, 0.29) is 5.82 Å². The third-order valence-electron chi connectivity index (χ3n) is 5.59. The number of hydrogen-bond donors (Lipinski definition) is 1. The number of halogens is 1. The minimum Gasteiger partial charge on any atom is -0.311 e. The van der Waals surface area contributed by atoms with Gasteiger partial charge in [-0.05, 0) is 62.1 Å². The van der Waals surface area contributed by atoms with Crippen molar-refractivity contribution in [3.05, 3.63) is 35.6 Å². The third-order valence-corrected chi connectivity index (χ3v) is 5.59. The van der Waals surface area contributed by atoms with Crippen LogP contribution in [0.3, 0.4) is 0 Å². The molecule has 1 aromatic rings. The van der Waals surface area contributed by atoms with Crippen LogP contribution < -0.4 is 5.32 Å². The van der Waals surface area contributed by atoms with Crippen LogP contribution in [0, 0.1) is 11.7 Å². The summed E-state index contributed by atoms with van der Waals surface area (Å²) >= 11 is 0. The van der Waals surface area contributed by atoms with E-state index in [2.05, 4.69) is 12.2 Å². The van der Waals surface area contributed by atoms with Crippen LogP contribution in [-0.4, -0.2) is 12.1 Å². The molecule has 0 aromatic heterocycles. The standard InChI is InChI=1S/C19H28FN/c1-14(15-6-4-2-3-5-7-15)21-19-12-17(13-19)16-8-10-18(20)11-9-16/h8-11,14-15,17,19,21H,2-7,12-13H2,1H3/t14-,17?,19?/m0/s1. The van der Waals surface area contributed by atoms with Crippen molar-refractivity contribution in [3.8, 4) is 0 Å². The van der Waals surface area contributed by atoms with Gasteiger partial charge < -0.3 is 5.32 Å². The Hall–Kier alpha value is -0.890. The molecule has 0 unspecified atom stereocenters. The van der Waals surface area contributed by atoms with Gasteiger partial charge in [0, 0.05) is 12.1 Å². The van der Waals surface area contributed by atoms with E-state index < -0.39 is 0 Å². The minimum absolute atomic E-state index is 0.130. The molecule has 2 saturated carbocycles. The van der Waals surface area contributed by atoms with Crippen LogP contribution in [-0.2, 0) is 0 Å². The zero-order chi connectivity index (χ0) is 14.7. The maximum Gasteiger partial charge on any atom is 0.123 e. The summed E-state index contributed by atoms with van der Waals surface area (Å²) in [5.74, 6) is 1.37. The molecule has 0 aliphatic heterocycles. The van der Waals surface area contributed by atoms with E-state index in [4.69, 9.17) is 0 Å². The average molecular weight is 289 g/mol. The second-order valence-corrected chi connectivity index (χ2v) is 7.12. The summed E-state index contributed by atoms with van der Waals surface area (Å²) in [6, 6.07) is 8.39. The fourth-order valence-electron chi connectivity index (χ4n) is 4.08. The largest absolute Gasteiger partial charge is 0.311 e. The summed E-state index contributed by atoms with van der Waals surface area (Å²) in [7, 11) is 0. The molecule has 0 spiro atoms. The SMILES string of the molecule is C[C@H](NC1CC(c2ccc(F)cc2)C1)C1CCCCCC1. The zero-order valence-electron chi connectivity index (χ0n) is 13.2. The van der Waals surface area contributed by atoms with E-state index in [9.17, 15) is 4.39 Å². The van der Waals surface area contributed by atoms with Gasteiger partial charge in [0.05, 0.1) is 0 Å². The van der Waals surface area contributed by atoms with Crippen molar-refractivity contribution in [1.82, 2.24) is 5.32 Å². The van der Waals surface area contributed by atoms with Crippen LogP contribution in [0.25, 0.3) is 0 Å². The minimum atomic E-state index is -0.130. The highest BCUT2D eigenvalue weighted by molar-refractivity contribution is 5.23. The summed E-state index contributed by atoms with van der Waals surface area (Å²) in [4.78, 5) is 0. The van der Waals surface area contributed by atoms with Crippen molar-refractivity contribution >= 4 is 0 Å². The molecule has 0 saturated heterocycles. The van der Waals surface area contributed by atoms with Crippen molar-refractivity contribution in [1.29, 1.82) is 0 Å². The van der Waals surface area contributed by atoms with Gasteiger partial charge >= 0.3 is 0 Å². The van der Waals surface area contributed by atoms with E-state index in [1.54, 1.807) is 12.1 Å². The van der Waals surface area contributed by atoms with Crippen molar-refractivity contribution in [2.24, 2.45) is 5.92 Å². The van der Waals surface area contributed by atoms with E-state index >= 15 is 0 Å². The van der Waals surface area contributed by atoms with Gasteiger partial charge in [-0.1, -0.05) is 37.8 Å². The van der Waals surface area contributed by atoms with Gasteiger partial charge in [-0.2, -0.15) is 0 Å². The maximum atomic E-state index is 12.9. The highest BCUT2D eigenvalue weighted by atomic mass is 19.1.